The minimum atomic E-state index is -0.521. The maximum Gasteiger partial charge on any atom is 0.410 e. The fourth-order valence-electron chi connectivity index (χ4n) is 5.02. The number of anilines is 1. The van der Waals surface area contributed by atoms with Crippen molar-refractivity contribution in [3.63, 3.8) is 0 Å². The van der Waals surface area contributed by atoms with Gasteiger partial charge in [0.1, 0.15) is 18.4 Å². The summed E-state index contributed by atoms with van der Waals surface area (Å²) in [6.07, 6.45) is 11.1. The number of pyridine rings is 1. The molecule has 0 bridgehead atoms. The number of allylic oxidation sites excluding steroid dienone is 2. The molecule has 2 aromatic rings. The number of rotatable bonds is 9. The maximum absolute atomic E-state index is 13.4. The first kappa shape index (κ1) is 30.6. The van der Waals surface area contributed by atoms with Gasteiger partial charge in [0.05, 0.1) is 18.0 Å². The van der Waals surface area contributed by atoms with Gasteiger partial charge in [0.25, 0.3) is 5.91 Å². The highest BCUT2D eigenvalue weighted by Crippen LogP contribution is 2.34. The van der Waals surface area contributed by atoms with Crippen LogP contribution in [0, 0.1) is 11.3 Å². The number of nitrogens with one attached hydrogen (secondary N) is 1. The molecule has 1 saturated heterocycles. The summed E-state index contributed by atoms with van der Waals surface area (Å²) in [5, 5.41) is 12.4. The van der Waals surface area contributed by atoms with Gasteiger partial charge in [0.2, 0.25) is 5.82 Å². The van der Waals surface area contributed by atoms with Gasteiger partial charge in [-0.25, -0.2) is 9.78 Å². The molecule has 1 aliphatic carbocycles. The highest BCUT2D eigenvalue weighted by Gasteiger charge is 2.29. The zero-order valence-corrected chi connectivity index (χ0v) is 25.3. The van der Waals surface area contributed by atoms with Crippen molar-refractivity contribution in [1.29, 1.82) is 5.26 Å². The van der Waals surface area contributed by atoms with Crippen LogP contribution in [-0.4, -0.2) is 68.7 Å². The molecule has 220 valence electrons. The molecule has 1 fully saturated rings. The number of carbonyl (C=O) groups excluding carboxylic acids is 2. The van der Waals surface area contributed by atoms with E-state index in [1.807, 2.05) is 45.2 Å². The molecule has 0 saturated carbocycles. The lowest BCUT2D eigenvalue weighted by molar-refractivity contribution is 0.0204. The van der Waals surface area contributed by atoms with E-state index in [4.69, 9.17) is 14.5 Å². The second kappa shape index (κ2) is 14.0. The fraction of sp³-hybridized carbons (Fsp3) is 0.567. The van der Waals surface area contributed by atoms with Crippen LogP contribution in [0.1, 0.15) is 92.9 Å². The summed E-state index contributed by atoms with van der Waals surface area (Å²) in [5.41, 5.74) is 3.12. The van der Waals surface area contributed by atoms with Crippen molar-refractivity contribution in [1.82, 2.24) is 19.4 Å². The van der Waals surface area contributed by atoms with E-state index in [1.165, 1.54) is 6.20 Å². The standard InChI is InChI=1S/C30H40N6O4S/c1-30(2,3)40-29(38)35-14-12-21(13-15-35)24-10-11-25(26(33-24)22-8-6-5-7-9-22)34-28(37)27-32-23(18-31)19-36(27)20-39-16-17-41-4/h8,10-11,19,21H,5-7,9,12-17,20H2,1-4H3,(H,34,37). The van der Waals surface area contributed by atoms with Gasteiger partial charge in [0.15, 0.2) is 5.69 Å². The van der Waals surface area contributed by atoms with E-state index >= 15 is 0 Å². The first-order chi connectivity index (χ1) is 19.7. The van der Waals surface area contributed by atoms with Gasteiger partial charge in [-0.2, -0.15) is 17.0 Å². The zero-order valence-electron chi connectivity index (χ0n) is 24.4. The summed E-state index contributed by atoms with van der Waals surface area (Å²) in [6, 6.07) is 5.89. The molecule has 2 aromatic heterocycles. The molecule has 1 aliphatic heterocycles. The first-order valence-electron chi connectivity index (χ1n) is 14.2. The van der Waals surface area contributed by atoms with Crippen LogP contribution in [0.2, 0.25) is 0 Å². The zero-order chi connectivity index (χ0) is 29.4. The van der Waals surface area contributed by atoms with Crippen molar-refractivity contribution in [2.45, 2.75) is 77.5 Å². The molecule has 2 aliphatic rings. The number of hydrogen-bond acceptors (Lipinski definition) is 8. The van der Waals surface area contributed by atoms with Crippen molar-refractivity contribution >= 4 is 35.0 Å². The summed E-state index contributed by atoms with van der Waals surface area (Å²) < 4.78 is 12.8. The van der Waals surface area contributed by atoms with E-state index in [-0.39, 0.29) is 30.3 Å². The number of imidazole rings is 1. The molecule has 11 heteroatoms. The Kier molecular flexibility index (Phi) is 10.5. The lowest BCUT2D eigenvalue weighted by atomic mass is 9.91. The highest BCUT2D eigenvalue weighted by molar-refractivity contribution is 7.98. The van der Waals surface area contributed by atoms with Crippen LogP contribution in [0.15, 0.2) is 24.4 Å². The van der Waals surface area contributed by atoms with Crippen molar-refractivity contribution in [2.24, 2.45) is 0 Å². The minimum absolute atomic E-state index is 0.118. The lowest BCUT2D eigenvalue weighted by Crippen LogP contribution is -2.41. The quantitative estimate of drug-likeness (QED) is 0.369. The summed E-state index contributed by atoms with van der Waals surface area (Å²) in [7, 11) is 0. The van der Waals surface area contributed by atoms with Gasteiger partial charge in [-0.3, -0.25) is 9.78 Å². The molecule has 0 atom stereocenters. The van der Waals surface area contributed by atoms with Crippen molar-refractivity contribution in [2.75, 3.05) is 37.0 Å². The molecule has 3 heterocycles. The van der Waals surface area contributed by atoms with Crippen LogP contribution >= 0.6 is 11.8 Å². The van der Waals surface area contributed by atoms with E-state index < -0.39 is 11.5 Å². The second-order valence-electron chi connectivity index (χ2n) is 11.4. The Hall–Kier alpha value is -3.36. The Bertz CT molecular complexity index is 1300. The Balaban J connectivity index is 1.52. The monoisotopic (exact) mass is 580 g/mol. The van der Waals surface area contributed by atoms with E-state index in [1.54, 1.807) is 21.2 Å². The largest absolute Gasteiger partial charge is 0.444 e. The molecule has 4 rings (SSSR count). The normalized spacial score (nSPS) is 16.2. The smallest absolute Gasteiger partial charge is 0.410 e. The molecule has 0 unspecified atom stereocenters. The molecule has 0 radical (unpaired) electrons. The molecule has 2 amide bonds. The third-order valence-electron chi connectivity index (χ3n) is 7.08. The van der Waals surface area contributed by atoms with Crippen LogP contribution in [0.25, 0.3) is 5.57 Å². The van der Waals surface area contributed by atoms with Crippen LogP contribution in [0.3, 0.4) is 0 Å². The molecule has 0 spiro atoms. The van der Waals surface area contributed by atoms with Crippen LogP contribution in [0.5, 0.6) is 0 Å². The van der Waals surface area contributed by atoms with Crippen molar-refractivity contribution < 1.29 is 19.1 Å². The number of hydrogen-bond donors (Lipinski definition) is 1. The maximum atomic E-state index is 13.4. The van der Waals surface area contributed by atoms with Crippen molar-refractivity contribution in [3.05, 3.63) is 47.3 Å². The molecule has 0 aromatic carbocycles. The van der Waals surface area contributed by atoms with E-state index in [0.29, 0.717) is 25.4 Å². The predicted octanol–water partition coefficient (Wildman–Crippen LogP) is 5.81. The van der Waals surface area contributed by atoms with Gasteiger partial charge < -0.3 is 24.3 Å². The van der Waals surface area contributed by atoms with E-state index in [9.17, 15) is 14.9 Å². The molecule has 41 heavy (non-hydrogen) atoms. The number of likely N-dealkylation sites (tertiary alicyclic amines) is 1. The number of aromatic nitrogens is 3. The Labute approximate surface area is 246 Å². The van der Waals surface area contributed by atoms with Crippen molar-refractivity contribution in [3.8, 4) is 6.07 Å². The number of amides is 2. The molecular weight excluding hydrogens is 540 g/mol. The lowest BCUT2D eigenvalue weighted by Gasteiger charge is -2.33. The number of nitriles is 1. The Morgan fingerprint density at radius 3 is 2.63 bits per heavy atom. The third-order valence-corrected chi connectivity index (χ3v) is 7.66. The number of nitrogens with zero attached hydrogens (tertiary/aromatic N) is 5. The van der Waals surface area contributed by atoms with Gasteiger partial charge in [-0.05, 0) is 83.3 Å². The number of ether oxygens (including phenoxy) is 2. The van der Waals surface area contributed by atoms with Gasteiger partial charge in [-0.1, -0.05) is 6.08 Å². The first-order valence-corrected chi connectivity index (χ1v) is 15.6. The SMILES string of the molecule is CSCCOCn1cc(C#N)nc1C(=O)Nc1ccc(C2CCN(C(=O)OC(C)(C)C)CC2)nc1C1=CCCCC1. The minimum Gasteiger partial charge on any atom is -0.444 e. The summed E-state index contributed by atoms with van der Waals surface area (Å²) in [5.74, 6) is 0.736. The Morgan fingerprint density at radius 1 is 1.20 bits per heavy atom. The van der Waals surface area contributed by atoms with Gasteiger partial charge >= 0.3 is 6.09 Å². The van der Waals surface area contributed by atoms with Gasteiger partial charge in [0, 0.05) is 36.7 Å². The number of carbonyl (C=O) groups is 2. The topological polar surface area (TPSA) is 122 Å². The molecule has 1 N–H and O–H groups in total. The number of piperidine rings is 1. The predicted molar refractivity (Wildman–Crippen MR) is 160 cm³/mol. The number of thioether (sulfide) groups is 1. The third kappa shape index (κ3) is 8.33. The summed E-state index contributed by atoms with van der Waals surface area (Å²) in [4.78, 5) is 37.0. The average Bonchev–Trinajstić information content (AvgIpc) is 3.39. The van der Waals surface area contributed by atoms with E-state index in [2.05, 4.69) is 16.4 Å². The van der Waals surface area contributed by atoms with Crippen LogP contribution < -0.4 is 5.32 Å². The summed E-state index contributed by atoms with van der Waals surface area (Å²) in [6.45, 7) is 7.51. The fourth-order valence-corrected chi connectivity index (χ4v) is 5.30. The molecule has 10 nitrogen and oxygen atoms in total. The van der Waals surface area contributed by atoms with Gasteiger partial charge in [-0.15, -0.1) is 0 Å². The highest BCUT2D eigenvalue weighted by atomic mass is 32.2. The Morgan fingerprint density at radius 2 is 1.98 bits per heavy atom. The van der Waals surface area contributed by atoms with Crippen LogP contribution in [-0.2, 0) is 16.2 Å². The van der Waals surface area contributed by atoms with E-state index in [0.717, 1.165) is 61.2 Å². The second-order valence-corrected chi connectivity index (χ2v) is 12.4. The molecular formula is C30H40N6O4S. The average molecular weight is 581 g/mol. The summed E-state index contributed by atoms with van der Waals surface area (Å²) >= 11 is 1.67. The van der Waals surface area contributed by atoms with Crippen LogP contribution in [0.4, 0.5) is 10.5 Å².